The van der Waals surface area contributed by atoms with Gasteiger partial charge in [0.25, 0.3) is 0 Å². The molecule has 0 heterocycles. The third-order valence-corrected chi connectivity index (χ3v) is 23.4. The van der Waals surface area contributed by atoms with Crippen LogP contribution in [0.5, 0.6) is 0 Å². The lowest BCUT2D eigenvalue weighted by molar-refractivity contribution is -0.149. The largest absolute Gasteiger partial charge is 0.462 e. The Bertz CT molecular complexity index is 3620. The molecule has 22 nitrogen and oxygen atoms in total. The van der Waals surface area contributed by atoms with E-state index in [1.165, 1.54) is 81.4 Å². The van der Waals surface area contributed by atoms with E-state index in [4.69, 9.17) is 47.4 Å². The molecule has 147 heavy (non-hydrogen) atoms. The maximum absolute atomic E-state index is 11.5. The van der Waals surface area contributed by atoms with Crippen molar-refractivity contribution in [2.75, 3.05) is 52.9 Å². The third kappa shape index (κ3) is 100. The first-order chi connectivity index (χ1) is 66.9. The van der Waals surface area contributed by atoms with Crippen molar-refractivity contribution in [3.8, 4) is 0 Å². The Morgan fingerprint density at radius 3 is 0.946 bits per heavy atom. The fourth-order valence-corrected chi connectivity index (χ4v) is 16.4. The second-order valence-corrected chi connectivity index (χ2v) is 48.5. The van der Waals surface area contributed by atoms with Crippen molar-refractivity contribution in [3.05, 3.63) is 138 Å². The van der Waals surface area contributed by atoms with Gasteiger partial charge >= 0.3 is 65.7 Å². The highest BCUT2D eigenvalue weighted by molar-refractivity contribution is 5.88. The predicted molar refractivity (Wildman–Crippen MR) is 617 cm³/mol. The van der Waals surface area contributed by atoms with Crippen molar-refractivity contribution in [3.63, 3.8) is 0 Å². The first kappa shape index (κ1) is 161. The highest BCUT2D eigenvalue weighted by Crippen LogP contribution is 2.64. The van der Waals surface area contributed by atoms with E-state index in [1.807, 2.05) is 62.3 Å². The average Bonchev–Trinajstić information content (AvgIpc) is 0.725. The summed E-state index contributed by atoms with van der Waals surface area (Å²) in [5, 5.41) is 0. The summed E-state index contributed by atoms with van der Waals surface area (Å²) in [5.74, 6) is 0.931. The van der Waals surface area contributed by atoms with Crippen LogP contribution in [0.4, 0.5) is 0 Å². The molecular weight excluding hydrogens is 1850 g/mol. The van der Waals surface area contributed by atoms with Gasteiger partial charge in [-0.25, -0.2) is 52.7 Å². The van der Waals surface area contributed by atoms with Gasteiger partial charge < -0.3 is 52.1 Å². The van der Waals surface area contributed by atoms with Gasteiger partial charge in [0.15, 0.2) is 0 Å². The molecule has 860 valence electrons. The van der Waals surface area contributed by atoms with Crippen molar-refractivity contribution in [1.29, 1.82) is 0 Å². The molecular formula is C125H228O22. The Kier molecular flexibility index (Phi) is 96.3. The van der Waals surface area contributed by atoms with Crippen molar-refractivity contribution < 1.29 is 105 Å². The maximum atomic E-state index is 11.5. The Morgan fingerprint density at radius 2 is 0.639 bits per heavy atom. The molecule has 0 radical (unpaired) electrons. The van der Waals surface area contributed by atoms with E-state index >= 15 is 0 Å². The average molecular weight is 2080 g/mol. The molecule has 0 N–H and O–H groups in total. The molecule has 0 spiro atoms. The molecule has 0 saturated heterocycles. The highest BCUT2D eigenvalue weighted by atomic mass is 16.6. The van der Waals surface area contributed by atoms with E-state index in [2.05, 4.69) is 285 Å². The van der Waals surface area contributed by atoms with Crippen LogP contribution in [0, 0.1) is 96.1 Å². The number of unbranched alkanes of at least 4 members (excludes halogenated alkanes) is 2. The highest BCUT2D eigenvalue weighted by Gasteiger charge is 2.56. The zero-order valence-corrected chi connectivity index (χ0v) is 103. The fraction of sp³-hybridized carbons (Fsp3) is 0.736. The summed E-state index contributed by atoms with van der Waals surface area (Å²) in [5.41, 5.74) is 2.66. The summed E-state index contributed by atoms with van der Waals surface area (Å²) in [6.45, 7) is 135. The van der Waals surface area contributed by atoms with Gasteiger partial charge in [-0.05, 0) is 235 Å². The first-order valence-electron chi connectivity index (χ1n) is 53.9. The molecule has 0 aliphatic heterocycles. The zero-order valence-electron chi connectivity index (χ0n) is 103. The molecule has 0 bridgehead atoms. The molecule has 0 aromatic heterocycles. The van der Waals surface area contributed by atoms with Crippen LogP contribution in [0.3, 0.4) is 0 Å². The lowest BCUT2D eigenvalue weighted by atomic mass is 9.43. The smallest absolute Gasteiger partial charge is 0.333 e. The minimum Gasteiger partial charge on any atom is -0.462 e. The van der Waals surface area contributed by atoms with E-state index in [9.17, 15) is 52.7 Å². The number of rotatable bonds is 51. The van der Waals surface area contributed by atoms with Crippen molar-refractivity contribution in [1.82, 2.24) is 0 Å². The number of hydrogen-bond acceptors (Lipinski definition) is 22. The summed E-state index contributed by atoms with van der Waals surface area (Å²) in [6, 6.07) is 0. The molecule has 0 aromatic rings. The minimum absolute atomic E-state index is 0.0236. The maximum Gasteiger partial charge on any atom is 0.333 e. The van der Waals surface area contributed by atoms with E-state index in [-0.39, 0.29) is 121 Å². The predicted octanol–water partition coefficient (Wildman–Crippen LogP) is 32.9. The van der Waals surface area contributed by atoms with Gasteiger partial charge in [0.05, 0.1) is 65.1 Å². The Balaban J connectivity index is -0.000000156. The Hall–Kier alpha value is -8.69. The number of carbonyl (C=O) groups excluding carboxylic acids is 11. The molecule has 0 aliphatic rings. The Morgan fingerprint density at radius 1 is 0.293 bits per heavy atom. The fourth-order valence-electron chi connectivity index (χ4n) is 16.4. The lowest BCUT2D eigenvalue weighted by Gasteiger charge is -2.61. The normalized spacial score (nSPS) is 12.6. The molecule has 7 unspecified atom stereocenters. The zero-order chi connectivity index (χ0) is 118. The Labute approximate surface area is 902 Å². The molecule has 0 fully saturated rings. The molecule has 0 amide bonds. The van der Waals surface area contributed by atoms with Gasteiger partial charge in [-0.15, -0.1) is 0 Å². The monoisotopic (exact) mass is 2080 g/mol. The molecule has 0 aromatic carbocycles. The van der Waals surface area contributed by atoms with Gasteiger partial charge in [-0.3, -0.25) is 0 Å². The van der Waals surface area contributed by atoms with E-state index in [0.717, 1.165) is 107 Å². The molecule has 22 heteroatoms. The second kappa shape index (κ2) is 88.0. The summed E-state index contributed by atoms with van der Waals surface area (Å²) < 4.78 is 54.5. The number of ether oxygens (including phenoxy) is 11. The van der Waals surface area contributed by atoms with E-state index < -0.39 is 5.60 Å². The SMILES string of the molecule is C=C(C)C(=O)OCC(CCC)CCC(C)CC(C)(C)C.C=C(C)C(=O)OCCCC(C(C)(C)C)(C(C)(C)C)C(C)(C)C.C=C(C)C(=O)OCCCC(C)(C(C)(C)C)C(C)(C)C.C=CC(=O)OC(C)(C)C.C=CC(=O)OC(C)C.C=CC(=O)OC(C)CCC.C=CC(=O)OCC(C)(C)C.C=CC(=O)OCC(C)C.C=CC(=O)OCC(C)CC(C)CC(C)C.C=CC(=O)OCC(C)CCCC.C=CC(=O)OCC(CC)CCCC. The topological polar surface area (TPSA) is 289 Å². The number of esters is 11. The minimum atomic E-state index is -0.398. The molecule has 7 atom stereocenters. The third-order valence-electron chi connectivity index (χ3n) is 23.4. The standard InChI is InChI=1S/C20H38O2.C18H34O2.C17H32O2.C13H24O2.C11H20O2.C10H18O2.2C8H14O2.2C7H12O2.C6H10O2/c1-15(2)16(21)22-14-12-13-20(17(3,4)5,18(6,7)8)19(9,10)11;1-8-9-16(13-20-17(19)14(2)3)11-10-15(4)12-18(5,6)7;1-13(2)14(18)19-12-10-11-17(9,15(3,4)5)16(6,7)8;1-6-13(14)15-9-12(5)8-11(4)7-10(2)3;1-4-7-8-10(5-2)9-13-11(12)6-3;1-4-6-7-9(3)8-12-10(11)5-2;1-5-7(9)10-6-8(2,3)4;1-4-6-7(3)10-8(9)5-2;1-5-6(8)9-7(2,3)4;1-4-7(8)9-5-6(2)3;1-4-6(7)8-5(2)3/h1,12-14H2,2-11H3;15-16H,2,8-13H2,1,3-7H3;1,10-12H2,2-9H3;6,10-12H,1,7-9H2,2-5H3;6,10H,3-5,7-9H2,1-2H3;5,9H,2,4,6-8H2,1,3H3;5H,1,6H2,2-4H3;5,7H,2,4,6H2,1,3H3;5H,1H2,2-4H3;4,6H,1,5H2,2-3H3;4-5H,1H2,2-3H3. The van der Waals surface area contributed by atoms with Crippen molar-refractivity contribution in [2.24, 2.45) is 96.1 Å². The van der Waals surface area contributed by atoms with Crippen LogP contribution >= 0.6 is 0 Å². The molecule has 0 saturated carbocycles. The molecule has 0 rings (SSSR count). The molecule has 0 aliphatic carbocycles. The van der Waals surface area contributed by atoms with Gasteiger partial charge in [-0.2, -0.15) is 0 Å². The van der Waals surface area contributed by atoms with Crippen LogP contribution in [0.25, 0.3) is 0 Å². The van der Waals surface area contributed by atoms with Crippen LogP contribution in [0.2, 0.25) is 0 Å². The van der Waals surface area contributed by atoms with Gasteiger partial charge in [0, 0.05) is 65.3 Å². The van der Waals surface area contributed by atoms with Crippen LogP contribution in [0.15, 0.2) is 138 Å². The lowest BCUT2D eigenvalue weighted by Crippen LogP contribution is -2.54. The van der Waals surface area contributed by atoms with Gasteiger partial charge in [0.2, 0.25) is 0 Å². The quantitative estimate of drug-likeness (QED) is 0.0237. The second-order valence-electron chi connectivity index (χ2n) is 48.5. The van der Waals surface area contributed by atoms with Crippen molar-refractivity contribution >= 4 is 65.7 Å². The summed E-state index contributed by atoms with van der Waals surface area (Å²) in [4.78, 5) is 119. The van der Waals surface area contributed by atoms with Crippen LogP contribution in [-0.2, 0) is 105 Å². The van der Waals surface area contributed by atoms with Crippen LogP contribution in [-0.4, -0.2) is 136 Å². The van der Waals surface area contributed by atoms with E-state index in [1.54, 1.807) is 34.6 Å². The number of hydrogen-bond donors (Lipinski definition) is 0. The summed E-state index contributed by atoms with van der Waals surface area (Å²) >= 11 is 0. The van der Waals surface area contributed by atoms with E-state index in [0.29, 0.717) is 110 Å². The summed E-state index contributed by atoms with van der Waals surface area (Å²) in [6.07, 6.45) is 31.6. The van der Waals surface area contributed by atoms with Gasteiger partial charge in [0.1, 0.15) is 5.60 Å². The number of carbonyl (C=O) groups is 11. The summed E-state index contributed by atoms with van der Waals surface area (Å²) in [7, 11) is 0. The van der Waals surface area contributed by atoms with Crippen LogP contribution in [0.1, 0.15) is 433 Å². The van der Waals surface area contributed by atoms with Crippen molar-refractivity contribution in [2.45, 2.75) is 451 Å². The van der Waals surface area contributed by atoms with Gasteiger partial charge in [-0.1, -0.05) is 366 Å². The first-order valence-corrected chi connectivity index (χ1v) is 53.9. The van der Waals surface area contributed by atoms with Crippen LogP contribution < -0.4 is 0 Å².